The Balaban J connectivity index is 1.18. The van der Waals surface area contributed by atoms with E-state index in [2.05, 4.69) is 67.6 Å². The first-order valence-corrected chi connectivity index (χ1v) is 13.5. The Hall–Kier alpha value is -3.89. The van der Waals surface area contributed by atoms with Crippen LogP contribution in [0.5, 0.6) is 0 Å². The van der Waals surface area contributed by atoms with Crippen molar-refractivity contribution in [2.24, 2.45) is 11.8 Å². The number of nitrogens with one attached hydrogen (secondary N) is 2. The molecular weight excluding hydrogens is 480 g/mol. The first-order chi connectivity index (χ1) is 18.4. The molecule has 6 heterocycles. The quantitative estimate of drug-likeness (QED) is 0.428. The van der Waals surface area contributed by atoms with Gasteiger partial charge in [-0.1, -0.05) is 13.8 Å². The maximum absolute atomic E-state index is 13.9. The van der Waals surface area contributed by atoms with Gasteiger partial charge in [-0.05, 0) is 36.8 Å². The van der Waals surface area contributed by atoms with Crippen LogP contribution in [-0.2, 0) is 0 Å². The van der Waals surface area contributed by atoms with Crippen LogP contribution in [0.3, 0.4) is 0 Å². The maximum Gasteiger partial charge on any atom is 0.320 e. The van der Waals surface area contributed by atoms with Crippen molar-refractivity contribution in [1.29, 1.82) is 0 Å². The number of hydrogen-bond acceptors (Lipinski definition) is 7. The van der Waals surface area contributed by atoms with E-state index in [1.54, 1.807) is 12.7 Å². The number of hydrogen-bond donors (Lipinski definition) is 2. The number of amides is 2. The molecule has 6 rings (SSSR count). The summed E-state index contributed by atoms with van der Waals surface area (Å²) in [6.45, 7) is 7.45. The summed E-state index contributed by atoms with van der Waals surface area (Å²) in [5, 5.41) is 2.01. The molecule has 0 radical (unpaired) electrons. The summed E-state index contributed by atoms with van der Waals surface area (Å²) in [4.78, 5) is 46.6. The summed E-state index contributed by atoms with van der Waals surface area (Å²) in [6.07, 6.45) is 8.91. The lowest BCUT2D eigenvalue weighted by atomic mass is 9.91. The van der Waals surface area contributed by atoms with Crippen molar-refractivity contribution in [1.82, 2.24) is 39.7 Å². The highest BCUT2D eigenvalue weighted by Gasteiger charge is 2.38. The van der Waals surface area contributed by atoms with Crippen LogP contribution in [-0.4, -0.2) is 98.1 Å². The van der Waals surface area contributed by atoms with Gasteiger partial charge >= 0.3 is 6.03 Å². The smallest absolute Gasteiger partial charge is 0.320 e. The van der Waals surface area contributed by atoms with Crippen LogP contribution in [0.4, 0.5) is 16.4 Å². The number of urea groups is 1. The molecule has 2 saturated heterocycles. The van der Waals surface area contributed by atoms with E-state index in [9.17, 15) is 4.79 Å². The number of likely N-dealkylation sites (tertiary alicyclic amines) is 2. The molecule has 4 aromatic heterocycles. The van der Waals surface area contributed by atoms with Crippen molar-refractivity contribution in [3.63, 3.8) is 0 Å². The van der Waals surface area contributed by atoms with Gasteiger partial charge in [-0.3, -0.25) is 0 Å². The van der Waals surface area contributed by atoms with Gasteiger partial charge in [-0.15, -0.1) is 0 Å². The largest absolute Gasteiger partial charge is 0.354 e. The molecule has 0 bridgehead atoms. The van der Waals surface area contributed by atoms with Gasteiger partial charge in [0, 0.05) is 52.7 Å². The van der Waals surface area contributed by atoms with Gasteiger partial charge in [0.25, 0.3) is 0 Å². The zero-order valence-corrected chi connectivity index (χ0v) is 22.5. The van der Waals surface area contributed by atoms with E-state index >= 15 is 0 Å². The number of carbonyl (C=O) groups excluding carboxylic acids is 1. The number of nitrogens with zero attached hydrogens (tertiary/aromatic N) is 8. The van der Waals surface area contributed by atoms with Crippen molar-refractivity contribution < 1.29 is 4.79 Å². The van der Waals surface area contributed by atoms with Gasteiger partial charge < -0.3 is 29.6 Å². The molecular formula is C27H36N10O. The SMILES string of the molecule is C[C@@H]1CCN(C(=O)N2CC[C@@H](C)[C@@H](N(C)c3ncnc4[nH]ccc34)C2)C[C@@H]1N(C)c1ncnc2[nH]ccc12. The molecule has 2 aliphatic heterocycles. The van der Waals surface area contributed by atoms with Gasteiger partial charge in [0.15, 0.2) is 0 Å². The predicted molar refractivity (Wildman–Crippen MR) is 148 cm³/mol. The Kier molecular flexibility index (Phi) is 6.29. The summed E-state index contributed by atoms with van der Waals surface area (Å²) < 4.78 is 0. The van der Waals surface area contributed by atoms with E-state index in [4.69, 9.17) is 0 Å². The Morgan fingerprint density at radius 1 is 0.789 bits per heavy atom. The molecule has 0 aliphatic carbocycles. The molecule has 2 N–H and O–H groups in total. The lowest BCUT2D eigenvalue weighted by Gasteiger charge is -2.46. The molecule has 38 heavy (non-hydrogen) atoms. The number of aromatic nitrogens is 6. The lowest BCUT2D eigenvalue weighted by molar-refractivity contribution is 0.106. The summed E-state index contributed by atoms with van der Waals surface area (Å²) in [5.41, 5.74) is 1.66. The third kappa shape index (κ3) is 4.19. The minimum absolute atomic E-state index is 0.129. The van der Waals surface area contributed by atoms with Crippen molar-refractivity contribution in [2.75, 3.05) is 50.1 Å². The number of H-pyrrole nitrogens is 2. The van der Waals surface area contributed by atoms with Crippen molar-refractivity contribution >= 4 is 39.7 Å². The van der Waals surface area contributed by atoms with E-state index in [1.807, 2.05) is 34.3 Å². The molecule has 200 valence electrons. The normalized spacial score (nSPS) is 24.2. The lowest BCUT2D eigenvalue weighted by Crippen LogP contribution is -2.59. The van der Waals surface area contributed by atoms with E-state index in [0.717, 1.165) is 59.6 Å². The first-order valence-electron chi connectivity index (χ1n) is 13.5. The molecule has 11 heteroatoms. The molecule has 0 saturated carbocycles. The van der Waals surface area contributed by atoms with Crippen LogP contribution in [0.2, 0.25) is 0 Å². The molecule has 0 unspecified atom stereocenters. The van der Waals surface area contributed by atoms with E-state index in [-0.39, 0.29) is 18.1 Å². The van der Waals surface area contributed by atoms with Gasteiger partial charge in [0.1, 0.15) is 35.6 Å². The van der Waals surface area contributed by atoms with E-state index in [1.165, 1.54) is 0 Å². The zero-order valence-electron chi connectivity index (χ0n) is 22.5. The molecule has 2 fully saturated rings. The minimum Gasteiger partial charge on any atom is -0.354 e. The van der Waals surface area contributed by atoms with Crippen molar-refractivity contribution in [3.05, 3.63) is 37.2 Å². The highest BCUT2D eigenvalue weighted by atomic mass is 16.2. The van der Waals surface area contributed by atoms with E-state index in [0.29, 0.717) is 24.9 Å². The third-order valence-corrected chi connectivity index (χ3v) is 8.71. The Labute approximate surface area is 222 Å². The van der Waals surface area contributed by atoms with Crippen molar-refractivity contribution in [3.8, 4) is 0 Å². The number of anilines is 2. The standard InChI is InChI=1S/C27H36N10O/c1-17-7-11-36(13-21(17)34(3)25-19-5-9-28-23(19)30-15-32-25)27(38)37-12-8-18(2)22(14-37)35(4)26-20-6-10-29-24(20)31-16-33-26/h5-6,9-10,15-18,21-22H,7-8,11-14H2,1-4H3,(H,28,30,32)(H,29,31,33)/t17-,18-,21+,22+/m1/s1. The van der Waals surface area contributed by atoms with Crippen molar-refractivity contribution in [2.45, 2.75) is 38.8 Å². The fraction of sp³-hybridized carbons (Fsp3) is 0.519. The minimum atomic E-state index is 0.129. The second kappa shape index (κ2) is 9.77. The summed E-state index contributed by atoms with van der Waals surface area (Å²) in [7, 11) is 4.17. The zero-order chi connectivity index (χ0) is 26.4. The van der Waals surface area contributed by atoms with Crippen LogP contribution in [0.1, 0.15) is 26.7 Å². The summed E-state index contributed by atoms with van der Waals surface area (Å²) in [5.74, 6) is 2.68. The monoisotopic (exact) mass is 516 g/mol. The fourth-order valence-corrected chi connectivity index (χ4v) is 6.25. The molecule has 2 amide bonds. The Morgan fingerprint density at radius 2 is 1.24 bits per heavy atom. The van der Waals surface area contributed by atoms with Gasteiger partial charge in [-0.2, -0.15) is 0 Å². The molecule has 0 spiro atoms. The molecule has 2 aliphatic rings. The highest BCUT2D eigenvalue weighted by molar-refractivity contribution is 5.88. The van der Waals surface area contributed by atoms with Gasteiger partial charge in [0.05, 0.1) is 22.9 Å². The summed E-state index contributed by atoms with van der Waals surface area (Å²) >= 11 is 0. The van der Waals surface area contributed by atoms with E-state index < -0.39 is 0 Å². The average Bonchev–Trinajstić information content (AvgIpc) is 3.62. The molecule has 11 nitrogen and oxygen atoms in total. The predicted octanol–water partition coefficient (Wildman–Crippen LogP) is 3.34. The number of carbonyl (C=O) groups is 1. The molecule has 4 atom stereocenters. The second-order valence-corrected chi connectivity index (χ2v) is 10.9. The number of fused-ring (bicyclic) bond motifs is 2. The second-order valence-electron chi connectivity index (χ2n) is 10.9. The van der Waals surface area contributed by atoms with Crippen LogP contribution in [0.15, 0.2) is 37.2 Å². The van der Waals surface area contributed by atoms with Crippen LogP contribution in [0, 0.1) is 11.8 Å². The fourth-order valence-electron chi connectivity index (χ4n) is 6.25. The third-order valence-electron chi connectivity index (χ3n) is 8.71. The number of likely N-dealkylation sites (N-methyl/N-ethyl adjacent to an activating group) is 2. The maximum atomic E-state index is 13.9. The Morgan fingerprint density at radius 3 is 1.68 bits per heavy atom. The summed E-state index contributed by atoms with van der Waals surface area (Å²) in [6, 6.07) is 4.51. The number of aromatic amines is 2. The van der Waals surface area contributed by atoms with Crippen LogP contribution >= 0.6 is 0 Å². The Bertz CT molecular complexity index is 1330. The first kappa shape index (κ1) is 24.4. The van der Waals surface area contributed by atoms with Gasteiger partial charge in [-0.25, -0.2) is 24.7 Å². The highest BCUT2D eigenvalue weighted by Crippen LogP contribution is 2.31. The van der Waals surface area contributed by atoms with Crippen LogP contribution in [0.25, 0.3) is 22.1 Å². The number of piperidine rings is 2. The molecule has 0 aromatic carbocycles. The number of rotatable bonds is 4. The van der Waals surface area contributed by atoms with Crippen LogP contribution < -0.4 is 9.80 Å². The topological polar surface area (TPSA) is 113 Å². The average molecular weight is 517 g/mol. The van der Waals surface area contributed by atoms with Gasteiger partial charge in [0.2, 0.25) is 0 Å². The molecule has 4 aromatic rings.